The third kappa shape index (κ3) is 8.96. The Morgan fingerprint density at radius 3 is 1.82 bits per heavy atom. The van der Waals surface area contributed by atoms with E-state index in [1.807, 2.05) is 36.5 Å². The molecule has 0 bridgehead atoms. The van der Waals surface area contributed by atoms with E-state index in [1.165, 1.54) is 28.8 Å². The second-order valence-electron chi connectivity index (χ2n) is 21.2. The maximum atomic E-state index is 15.3. The number of benzene rings is 8. The standard InChI is InChI=1S/C66H58F2N4O/c1-40(2)44-28-45(41(3)4)30-48(29-44)56-16-14-17-57(49-31-51(67)36-52(68)32-49)65(56)71-39-70(61-19-12-13-20-62(61)71)53-33-47(46-26-42(5)25-43(6)27-46)34-55(37-53)73-54-21-22-59-58-15-10-11-18-60(58)72(63(59)38-54)64-35-50(23-24-69-64)66(7,8)9/h10-38,40-41H,1-9H3/q+2. The Morgan fingerprint density at radius 1 is 0.534 bits per heavy atom. The number of pyridine rings is 1. The van der Waals surface area contributed by atoms with Gasteiger partial charge < -0.3 is 4.74 Å². The molecule has 0 unspecified atom stereocenters. The van der Waals surface area contributed by atoms with Crippen LogP contribution in [0.1, 0.15) is 88.1 Å². The zero-order valence-electron chi connectivity index (χ0n) is 42.9. The second-order valence-corrected chi connectivity index (χ2v) is 21.2. The van der Waals surface area contributed by atoms with Gasteiger partial charge in [-0.15, -0.1) is 0 Å². The Labute approximate surface area is 426 Å². The SMILES string of the molecule is Cc1cc(C)cc(-c2cc(Oc3ccc4c5ccccc5n(-c5cc(C(C)(C)C)ccn5)c4c3)cc([N+]3=C=[N+](c4c(-c5cc(F)cc(F)c5)cccc4-c4cc(C(C)C)cc(C(C)C)c4)c4ccccc43)c2)c1. The summed E-state index contributed by atoms with van der Waals surface area (Å²) in [4.78, 5) is 4.92. The molecule has 11 rings (SSSR count). The average molecular weight is 961 g/mol. The summed E-state index contributed by atoms with van der Waals surface area (Å²) in [6.07, 6.45) is 1.90. The van der Waals surface area contributed by atoms with Crippen LogP contribution in [0.3, 0.4) is 0 Å². The van der Waals surface area contributed by atoms with Gasteiger partial charge in [0.2, 0.25) is 11.4 Å². The van der Waals surface area contributed by atoms with Crippen molar-refractivity contribution in [2.75, 3.05) is 0 Å². The Bertz CT molecular complexity index is 3850. The molecule has 10 aromatic rings. The molecule has 0 spiro atoms. The van der Waals surface area contributed by atoms with Crippen molar-refractivity contribution in [2.24, 2.45) is 0 Å². The van der Waals surface area contributed by atoms with Crippen LogP contribution in [-0.4, -0.2) is 15.6 Å². The van der Waals surface area contributed by atoms with Crippen LogP contribution in [0.4, 0.5) is 31.5 Å². The molecule has 0 saturated carbocycles. The van der Waals surface area contributed by atoms with Crippen LogP contribution < -0.4 is 13.9 Å². The Kier molecular flexibility index (Phi) is 11.9. The minimum Gasteiger partial charge on any atom is -0.457 e. The highest BCUT2D eigenvalue weighted by molar-refractivity contribution is 6.09. The molecule has 1 aliphatic heterocycles. The van der Waals surface area contributed by atoms with Gasteiger partial charge in [0.05, 0.1) is 28.2 Å². The first-order chi connectivity index (χ1) is 35.1. The van der Waals surface area contributed by atoms with Crippen molar-refractivity contribution in [3.8, 4) is 50.7 Å². The van der Waals surface area contributed by atoms with E-state index in [4.69, 9.17) is 9.72 Å². The topological polar surface area (TPSA) is 33.1 Å². The van der Waals surface area contributed by atoms with Gasteiger partial charge in [-0.05, 0) is 140 Å². The molecule has 2 aromatic heterocycles. The highest BCUT2D eigenvalue weighted by Gasteiger charge is 2.40. The van der Waals surface area contributed by atoms with Gasteiger partial charge in [-0.3, -0.25) is 4.57 Å². The fourth-order valence-electron chi connectivity index (χ4n) is 10.4. The molecule has 73 heavy (non-hydrogen) atoms. The van der Waals surface area contributed by atoms with Crippen LogP contribution in [-0.2, 0) is 5.41 Å². The number of aryl methyl sites for hydroxylation is 2. The van der Waals surface area contributed by atoms with Gasteiger partial charge in [0.1, 0.15) is 29.0 Å². The van der Waals surface area contributed by atoms with Crippen molar-refractivity contribution in [3.63, 3.8) is 0 Å². The highest BCUT2D eigenvalue weighted by Crippen LogP contribution is 2.47. The van der Waals surface area contributed by atoms with E-state index in [-0.39, 0.29) is 17.3 Å². The number of ether oxygens (including phenoxy) is 1. The van der Waals surface area contributed by atoms with Gasteiger partial charge in [0.15, 0.2) is 0 Å². The molecule has 0 amide bonds. The quantitative estimate of drug-likeness (QED) is 0.128. The van der Waals surface area contributed by atoms with Crippen molar-refractivity contribution < 1.29 is 13.5 Å². The largest absolute Gasteiger partial charge is 0.503 e. The van der Waals surface area contributed by atoms with E-state index in [9.17, 15) is 0 Å². The summed E-state index contributed by atoms with van der Waals surface area (Å²) in [7, 11) is 0. The smallest absolute Gasteiger partial charge is 0.457 e. The van der Waals surface area contributed by atoms with Crippen LogP contribution in [0.25, 0.3) is 61.0 Å². The van der Waals surface area contributed by atoms with Gasteiger partial charge in [0, 0.05) is 47.3 Å². The summed E-state index contributed by atoms with van der Waals surface area (Å²) >= 11 is 0. The number of nitrogens with zero attached hydrogens (tertiary/aromatic N) is 4. The summed E-state index contributed by atoms with van der Waals surface area (Å²) in [6.45, 7) is 19.7. The van der Waals surface area contributed by atoms with Gasteiger partial charge >= 0.3 is 6.01 Å². The first-order valence-electron chi connectivity index (χ1n) is 25.2. The number of rotatable bonds is 10. The first kappa shape index (κ1) is 47.1. The molecule has 3 heterocycles. The van der Waals surface area contributed by atoms with E-state index < -0.39 is 11.6 Å². The van der Waals surface area contributed by atoms with E-state index in [1.54, 1.807) is 0 Å². The van der Waals surface area contributed by atoms with Gasteiger partial charge in [-0.25, -0.2) is 13.8 Å². The third-order valence-electron chi connectivity index (χ3n) is 14.0. The monoisotopic (exact) mass is 960 g/mol. The highest BCUT2D eigenvalue weighted by atomic mass is 19.1. The lowest BCUT2D eigenvalue weighted by atomic mass is 9.88. The molecule has 7 heteroatoms. The molecule has 360 valence electrons. The number of hydrogen-bond acceptors (Lipinski definition) is 2. The number of fused-ring (bicyclic) bond motifs is 4. The third-order valence-corrected chi connectivity index (χ3v) is 14.0. The van der Waals surface area contributed by atoms with Crippen LogP contribution in [0, 0.1) is 25.5 Å². The minimum absolute atomic E-state index is 0.0612. The molecule has 8 aromatic carbocycles. The lowest BCUT2D eigenvalue weighted by Gasteiger charge is -2.20. The Balaban J connectivity index is 1.14. The Morgan fingerprint density at radius 2 is 1.15 bits per heavy atom. The number of halogens is 2. The zero-order chi connectivity index (χ0) is 50.9. The Hall–Kier alpha value is -8.25. The average Bonchev–Trinajstić information content (AvgIpc) is 3.91. The van der Waals surface area contributed by atoms with Gasteiger partial charge in [-0.1, -0.05) is 132 Å². The van der Waals surface area contributed by atoms with E-state index in [0.717, 1.165) is 89.8 Å². The minimum atomic E-state index is -0.644. The lowest BCUT2D eigenvalue weighted by molar-refractivity contribution is 0.483. The van der Waals surface area contributed by atoms with E-state index in [2.05, 4.69) is 203 Å². The van der Waals surface area contributed by atoms with Crippen molar-refractivity contribution in [1.29, 1.82) is 0 Å². The van der Waals surface area contributed by atoms with Gasteiger partial charge in [0.25, 0.3) is 11.4 Å². The van der Waals surface area contributed by atoms with Crippen LogP contribution >= 0.6 is 0 Å². The zero-order valence-corrected chi connectivity index (χ0v) is 42.9. The van der Waals surface area contributed by atoms with Crippen molar-refractivity contribution in [3.05, 3.63) is 216 Å². The lowest BCUT2D eigenvalue weighted by Crippen LogP contribution is -2.12. The van der Waals surface area contributed by atoms with Crippen molar-refractivity contribution >= 4 is 50.6 Å². The van der Waals surface area contributed by atoms with Gasteiger partial charge in [-0.2, -0.15) is 0 Å². The summed E-state index contributed by atoms with van der Waals surface area (Å²) < 4.78 is 43.9. The summed E-state index contributed by atoms with van der Waals surface area (Å²) in [5.41, 5.74) is 16.3. The van der Waals surface area contributed by atoms with Crippen molar-refractivity contribution in [2.45, 2.75) is 79.6 Å². The second kappa shape index (κ2) is 18.4. The fourth-order valence-corrected chi connectivity index (χ4v) is 10.4. The summed E-state index contributed by atoms with van der Waals surface area (Å²) in [5.74, 6) is 1.43. The van der Waals surface area contributed by atoms with Crippen LogP contribution in [0.2, 0.25) is 0 Å². The molecule has 0 atom stereocenters. The van der Waals surface area contributed by atoms with Crippen molar-refractivity contribution in [1.82, 2.24) is 18.7 Å². The number of aromatic nitrogens is 2. The maximum absolute atomic E-state index is 15.3. The number of para-hydroxylation sites is 4. The first-order valence-corrected chi connectivity index (χ1v) is 25.2. The molecule has 5 nitrogen and oxygen atoms in total. The van der Waals surface area contributed by atoms with E-state index >= 15 is 8.78 Å². The maximum Gasteiger partial charge on any atom is 0.503 e. The summed E-state index contributed by atoms with van der Waals surface area (Å²) in [6, 6.07) is 60.5. The number of hydrogen-bond donors (Lipinski definition) is 0. The molecule has 0 radical (unpaired) electrons. The fraction of sp³-hybridized carbons (Fsp3) is 0.182. The summed E-state index contributed by atoms with van der Waals surface area (Å²) in [5, 5.41) is 2.24. The van der Waals surface area contributed by atoms with E-state index in [0.29, 0.717) is 22.6 Å². The van der Waals surface area contributed by atoms with Crippen LogP contribution in [0.15, 0.2) is 176 Å². The van der Waals surface area contributed by atoms with Crippen LogP contribution in [0.5, 0.6) is 11.5 Å². The normalized spacial score (nSPS) is 12.5. The molecular formula is C66H58F2N4O+2. The molecule has 0 saturated heterocycles. The molecule has 0 aliphatic carbocycles. The molecule has 0 N–H and O–H groups in total. The molecular weight excluding hydrogens is 903 g/mol. The predicted octanol–water partition coefficient (Wildman–Crippen LogP) is 18.3. The molecule has 0 fully saturated rings. The molecule has 1 aliphatic rings. The predicted molar refractivity (Wildman–Crippen MR) is 298 cm³/mol.